The van der Waals surface area contributed by atoms with Gasteiger partial charge < -0.3 is 10.1 Å². The van der Waals surface area contributed by atoms with Crippen molar-refractivity contribution in [3.05, 3.63) is 29.3 Å². The standard InChI is InChI=1S/C18H28N2O2/c1-12(2)11-19-16-9-6-13-10-14(7-8-15(13)16)20-17(21)22-18(3,4)5/h7-8,10,12,16,19H,6,9,11H2,1-5H3,(H,20,21). The molecule has 122 valence electrons. The minimum atomic E-state index is -0.479. The van der Waals surface area contributed by atoms with E-state index in [0.29, 0.717) is 12.0 Å². The smallest absolute Gasteiger partial charge is 0.412 e. The number of hydrogen-bond acceptors (Lipinski definition) is 3. The summed E-state index contributed by atoms with van der Waals surface area (Å²) in [5.74, 6) is 0.650. The molecule has 0 aromatic heterocycles. The van der Waals surface area contributed by atoms with Gasteiger partial charge in [0.2, 0.25) is 0 Å². The molecule has 4 nitrogen and oxygen atoms in total. The van der Waals surface area contributed by atoms with Crippen LogP contribution >= 0.6 is 0 Å². The molecule has 1 unspecified atom stereocenters. The van der Waals surface area contributed by atoms with Gasteiger partial charge in [-0.15, -0.1) is 0 Å². The molecule has 0 radical (unpaired) electrons. The average molecular weight is 304 g/mol. The van der Waals surface area contributed by atoms with Gasteiger partial charge in [0.25, 0.3) is 0 Å². The Morgan fingerprint density at radius 1 is 1.36 bits per heavy atom. The van der Waals surface area contributed by atoms with Crippen molar-refractivity contribution in [2.24, 2.45) is 5.92 Å². The van der Waals surface area contributed by atoms with E-state index < -0.39 is 11.7 Å². The van der Waals surface area contributed by atoms with E-state index in [1.807, 2.05) is 26.8 Å². The van der Waals surface area contributed by atoms with E-state index in [0.717, 1.165) is 25.1 Å². The Kier molecular flexibility index (Phi) is 5.12. The minimum Gasteiger partial charge on any atom is -0.444 e. The van der Waals surface area contributed by atoms with Crippen molar-refractivity contribution in [2.45, 2.75) is 59.1 Å². The number of nitrogens with one attached hydrogen (secondary N) is 2. The molecule has 1 aliphatic carbocycles. The molecular formula is C18H28N2O2. The normalized spacial score (nSPS) is 17.5. The maximum Gasteiger partial charge on any atom is 0.412 e. The highest BCUT2D eigenvalue weighted by atomic mass is 16.6. The zero-order valence-corrected chi connectivity index (χ0v) is 14.3. The summed E-state index contributed by atoms with van der Waals surface area (Å²) >= 11 is 0. The van der Waals surface area contributed by atoms with E-state index in [-0.39, 0.29) is 0 Å². The Labute approximate surface area is 133 Å². The summed E-state index contributed by atoms with van der Waals surface area (Å²) in [6.45, 7) is 11.1. The van der Waals surface area contributed by atoms with E-state index in [1.165, 1.54) is 11.1 Å². The number of aryl methyl sites for hydroxylation is 1. The molecule has 1 atom stereocenters. The molecule has 1 aromatic carbocycles. The third-order valence-corrected chi connectivity index (χ3v) is 3.64. The lowest BCUT2D eigenvalue weighted by Crippen LogP contribution is -2.27. The number of hydrogen-bond donors (Lipinski definition) is 2. The SMILES string of the molecule is CC(C)CNC1CCc2cc(NC(=O)OC(C)(C)C)ccc21. The number of benzene rings is 1. The number of ether oxygens (including phenoxy) is 1. The highest BCUT2D eigenvalue weighted by Crippen LogP contribution is 2.33. The molecule has 1 aliphatic rings. The first kappa shape index (κ1) is 16.8. The second-order valence-corrected chi connectivity index (χ2v) is 7.43. The fourth-order valence-corrected chi connectivity index (χ4v) is 2.71. The molecule has 0 fully saturated rings. The van der Waals surface area contributed by atoms with Gasteiger partial charge in [0.05, 0.1) is 0 Å². The summed E-state index contributed by atoms with van der Waals surface area (Å²) in [5, 5.41) is 6.43. The lowest BCUT2D eigenvalue weighted by molar-refractivity contribution is 0.0636. The quantitative estimate of drug-likeness (QED) is 0.873. The van der Waals surface area contributed by atoms with Crippen LogP contribution in [0.5, 0.6) is 0 Å². The first-order valence-corrected chi connectivity index (χ1v) is 8.11. The van der Waals surface area contributed by atoms with Crippen molar-refractivity contribution in [1.29, 1.82) is 0 Å². The molecule has 2 rings (SSSR count). The fourth-order valence-electron chi connectivity index (χ4n) is 2.71. The van der Waals surface area contributed by atoms with Gasteiger partial charge in [0.1, 0.15) is 5.60 Å². The first-order valence-electron chi connectivity index (χ1n) is 8.11. The molecule has 4 heteroatoms. The fraction of sp³-hybridized carbons (Fsp3) is 0.611. The van der Waals surface area contributed by atoms with Gasteiger partial charge in [-0.05, 0) is 69.3 Å². The van der Waals surface area contributed by atoms with Gasteiger partial charge in [0.15, 0.2) is 0 Å². The Balaban J connectivity index is 1.99. The number of anilines is 1. The summed E-state index contributed by atoms with van der Waals surface area (Å²) in [6, 6.07) is 6.58. The second-order valence-electron chi connectivity index (χ2n) is 7.43. The van der Waals surface area contributed by atoms with Crippen molar-refractivity contribution in [1.82, 2.24) is 5.32 Å². The van der Waals surface area contributed by atoms with Crippen molar-refractivity contribution >= 4 is 11.8 Å². The Morgan fingerprint density at radius 3 is 2.73 bits per heavy atom. The summed E-state index contributed by atoms with van der Waals surface area (Å²) in [6.07, 6.45) is 1.77. The van der Waals surface area contributed by atoms with Gasteiger partial charge in [-0.2, -0.15) is 0 Å². The number of fused-ring (bicyclic) bond motifs is 1. The topological polar surface area (TPSA) is 50.4 Å². The second kappa shape index (κ2) is 6.69. The average Bonchev–Trinajstić information content (AvgIpc) is 2.76. The van der Waals surface area contributed by atoms with Gasteiger partial charge in [-0.25, -0.2) is 4.79 Å². The van der Waals surface area contributed by atoms with Crippen LogP contribution in [0.4, 0.5) is 10.5 Å². The highest BCUT2D eigenvalue weighted by molar-refractivity contribution is 5.85. The zero-order chi connectivity index (χ0) is 16.3. The van der Waals surface area contributed by atoms with E-state index in [9.17, 15) is 4.79 Å². The van der Waals surface area contributed by atoms with Crippen LogP contribution in [0.15, 0.2) is 18.2 Å². The van der Waals surface area contributed by atoms with Crippen molar-refractivity contribution in [3.63, 3.8) is 0 Å². The Morgan fingerprint density at radius 2 is 2.09 bits per heavy atom. The molecule has 0 heterocycles. The van der Waals surface area contributed by atoms with E-state index in [1.54, 1.807) is 0 Å². The molecule has 2 N–H and O–H groups in total. The van der Waals surface area contributed by atoms with Crippen LogP contribution in [-0.2, 0) is 11.2 Å². The van der Waals surface area contributed by atoms with Gasteiger partial charge in [-0.1, -0.05) is 19.9 Å². The lowest BCUT2D eigenvalue weighted by Gasteiger charge is -2.20. The third-order valence-electron chi connectivity index (χ3n) is 3.64. The van der Waals surface area contributed by atoms with Crippen molar-refractivity contribution in [2.75, 3.05) is 11.9 Å². The van der Waals surface area contributed by atoms with Crippen LogP contribution in [0.1, 0.15) is 58.2 Å². The molecule has 1 aromatic rings. The lowest BCUT2D eigenvalue weighted by atomic mass is 10.1. The van der Waals surface area contributed by atoms with E-state index in [2.05, 4.69) is 36.6 Å². The van der Waals surface area contributed by atoms with Crippen molar-refractivity contribution in [3.8, 4) is 0 Å². The number of carbonyl (C=O) groups is 1. The van der Waals surface area contributed by atoms with Gasteiger partial charge >= 0.3 is 6.09 Å². The third kappa shape index (κ3) is 4.73. The Bertz CT molecular complexity index is 532. The number of carbonyl (C=O) groups excluding carboxylic acids is 1. The monoisotopic (exact) mass is 304 g/mol. The maximum absolute atomic E-state index is 11.8. The van der Waals surface area contributed by atoms with Crippen molar-refractivity contribution < 1.29 is 9.53 Å². The summed E-state index contributed by atoms with van der Waals surface area (Å²) in [5.41, 5.74) is 3.00. The first-order chi connectivity index (χ1) is 10.2. The van der Waals surface area contributed by atoms with Crippen LogP contribution < -0.4 is 10.6 Å². The predicted molar refractivity (Wildman–Crippen MR) is 90.2 cm³/mol. The van der Waals surface area contributed by atoms with Crippen LogP contribution in [-0.4, -0.2) is 18.2 Å². The summed E-state index contributed by atoms with van der Waals surface area (Å²) in [4.78, 5) is 11.8. The molecule has 0 spiro atoms. The molecule has 22 heavy (non-hydrogen) atoms. The maximum atomic E-state index is 11.8. The number of rotatable bonds is 4. The van der Waals surface area contributed by atoms with E-state index >= 15 is 0 Å². The largest absolute Gasteiger partial charge is 0.444 e. The Hall–Kier alpha value is -1.55. The van der Waals surface area contributed by atoms with E-state index in [4.69, 9.17) is 4.74 Å². The van der Waals surface area contributed by atoms with Crippen LogP contribution in [0.2, 0.25) is 0 Å². The molecular weight excluding hydrogens is 276 g/mol. The van der Waals surface area contributed by atoms with Crippen LogP contribution in [0, 0.1) is 5.92 Å². The minimum absolute atomic E-state index is 0.403. The van der Waals surface area contributed by atoms with Crippen LogP contribution in [0.25, 0.3) is 0 Å². The molecule has 0 bridgehead atoms. The summed E-state index contributed by atoms with van der Waals surface area (Å²) < 4.78 is 5.28. The van der Waals surface area contributed by atoms with Crippen LogP contribution in [0.3, 0.4) is 0 Å². The predicted octanol–water partition coefficient (Wildman–Crippen LogP) is 4.27. The summed E-state index contributed by atoms with van der Waals surface area (Å²) in [7, 11) is 0. The molecule has 1 amide bonds. The number of amides is 1. The molecule has 0 saturated carbocycles. The van der Waals surface area contributed by atoms with Gasteiger partial charge in [0, 0.05) is 11.7 Å². The zero-order valence-electron chi connectivity index (χ0n) is 14.3. The highest BCUT2D eigenvalue weighted by Gasteiger charge is 2.23. The molecule has 0 aliphatic heterocycles. The van der Waals surface area contributed by atoms with Gasteiger partial charge in [-0.3, -0.25) is 5.32 Å². The molecule has 0 saturated heterocycles.